The average molecular weight is 457 g/mol. The van der Waals surface area contributed by atoms with E-state index < -0.39 is 17.7 Å². The maximum absolute atomic E-state index is 12.8. The topological polar surface area (TPSA) is 150 Å². The van der Waals surface area contributed by atoms with Crippen LogP contribution in [0, 0.1) is 18.3 Å². The van der Waals surface area contributed by atoms with Gasteiger partial charge in [0, 0.05) is 19.3 Å². The number of amides is 3. The molecule has 1 heterocycles. The highest BCUT2D eigenvalue weighted by molar-refractivity contribution is 6.33. The fourth-order valence-corrected chi connectivity index (χ4v) is 2.59. The molecule has 32 heavy (non-hydrogen) atoms. The molecule has 0 saturated carbocycles. The third-order valence-electron chi connectivity index (χ3n) is 3.72. The summed E-state index contributed by atoms with van der Waals surface area (Å²) in [6, 6.07) is 7.97. The van der Waals surface area contributed by atoms with E-state index in [9.17, 15) is 14.4 Å². The van der Waals surface area contributed by atoms with Gasteiger partial charge >= 0.3 is 0 Å². The Morgan fingerprint density at radius 2 is 1.91 bits per heavy atom. The maximum Gasteiger partial charge on any atom is 0.272 e. The highest BCUT2D eigenvalue weighted by atomic mass is 35.5. The van der Waals surface area contributed by atoms with E-state index in [0.29, 0.717) is 5.56 Å². The van der Waals surface area contributed by atoms with Crippen molar-refractivity contribution < 1.29 is 14.4 Å². The predicted molar refractivity (Wildman–Crippen MR) is 124 cm³/mol. The number of benzene rings is 1. The third kappa shape index (κ3) is 7.41. The molecule has 2 aromatic rings. The first-order chi connectivity index (χ1) is 15.2. The normalized spacial score (nSPS) is 10.2. The van der Waals surface area contributed by atoms with E-state index in [1.165, 1.54) is 31.8 Å². The lowest BCUT2D eigenvalue weighted by atomic mass is 10.0. The molecule has 0 radical (unpaired) electrons. The highest BCUT2D eigenvalue weighted by Crippen LogP contribution is 2.25. The van der Waals surface area contributed by atoms with Crippen molar-refractivity contribution in [1.82, 2.24) is 10.3 Å². The number of aryl methyl sites for hydroxylation is 1. The Bertz CT molecular complexity index is 1080. The van der Waals surface area contributed by atoms with Crippen LogP contribution in [0.3, 0.4) is 0 Å². The Morgan fingerprint density at radius 1 is 1.25 bits per heavy atom. The standard InChI is InChI=1S/C19H17ClN6O3.C3H8/c1-10-6-11(9-21)7-12(18(28)23-2)16(10)26-19(29)14(8-15(22)27)25-17-13(20)4-3-5-24-17;1-3-2/h3-8H,1-2H3,(H2,22,27)(H,23,28)(H,24,25)(H,26,29);3H2,1-2H3/b14-8-;. The maximum atomic E-state index is 12.8. The van der Waals surface area contributed by atoms with Crippen LogP contribution in [0.2, 0.25) is 5.02 Å². The lowest BCUT2D eigenvalue weighted by molar-refractivity contribution is -0.115. The molecular formula is C22H25ClN6O3. The number of carbonyl (C=O) groups is 3. The third-order valence-corrected chi connectivity index (χ3v) is 4.02. The molecule has 3 amide bonds. The summed E-state index contributed by atoms with van der Waals surface area (Å²) in [5, 5.41) is 17.0. The Kier molecular flexibility index (Phi) is 10.4. The number of hydrogen-bond acceptors (Lipinski definition) is 6. The van der Waals surface area contributed by atoms with Crippen molar-refractivity contribution in [1.29, 1.82) is 5.26 Å². The summed E-state index contributed by atoms with van der Waals surface area (Å²) in [5.74, 6) is -2.00. The molecule has 0 atom stereocenters. The fraction of sp³-hybridized carbons (Fsp3) is 0.227. The summed E-state index contributed by atoms with van der Waals surface area (Å²) < 4.78 is 0. The molecule has 1 aromatic heterocycles. The Morgan fingerprint density at radius 3 is 2.44 bits per heavy atom. The quantitative estimate of drug-likeness (QED) is 0.490. The molecule has 0 bridgehead atoms. The first kappa shape index (κ1) is 26.1. The minimum Gasteiger partial charge on any atom is -0.366 e. The average Bonchev–Trinajstić information content (AvgIpc) is 2.75. The van der Waals surface area contributed by atoms with Crippen molar-refractivity contribution >= 4 is 40.8 Å². The van der Waals surface area contributed by atoms with Crippen molar-refractivity contribution in [3.05, 3.63) is 63.9 Å². The molecule has 1 aromatic carbocycles. The molecule has 0 fully saturated rings. The van der Waals surface area contributed by atoms with Gasteiger partial charge in [-0.1, -0.05) is 31.9 Å². The summed E-state index contributed by atoms with van der Waals surface area (Å²) in [4.78, 5) is 40.4. The summed E-state index contributed by atoms with van der Waals surface area (Å²) >= 11 is 6.03. The molecule has 0 saturated heterocycles. The Labute approximate surface area is 191 Å². The SMILES string of the molecule is CCC.CNC(=O)c1cc(C#N)cc(C)c1NC(=O)/C(=C/C(N)=O)Nc1ncccc1Cl. The lowest BCUT2D eigenvalue weighted by Gasteiger charge is -2.16. The van der Waals surface area contributed by atoms with Crippen LogP contribution < -0.4 is 21.7 Å². The van der Waals surface area contributed by atoms with Gasteiger partial charge in [0.15, 0.2) is 0 Å². The van der Waals surface area contributed by atoms with Crippen LogP contribution in [0.5, 0.6) is 0 Å². The zero-order valence-electron chi connectivity index (χ0n) is 18.2. The van der Waals surface area contributed by atoms with Crippen molar-refractivity contribution in [2.75, 3.05) is 17.7 Å². The second kappa shape index (κ2) is 12.7. The van der Waals surface area contributed by atoms with Gasteiger partial charge in [0.25, 0.3) is 11.8 Å². The van der Waals surface area contributed by atoms with Crippen LogP contribution in [0.15, 0.2) is 42.2 Å². The van der Waals surface area contributed by atoms with Gasteiger partial charge in [0.1, 0.15) is 11.5 Å². The van der Waals surface area contributed by atoms with Gasteiger partial charge in [0.05, 0.1) is 27.9 Å². The van der Waals surface area contributed by atoms with Crippen LogP contribution >= 0.6 is 11.6 Å². The molecule has 0 aliphatic rings. The molecule has 9 nitrogen and oxygen atoms in total. The lowest BCUT2D eigenvalue weighted by Crippen LogP contribution is -2.26. The van der Waals surface area contributed by atoms with Crippen molar-refractivity contribution in [3.63, 3.8) is 0 Å². The Hall–Kier alpha value is -3.90. The smallest absolute Gasteiger partial charge is 0.272 e. The van der Waals surface area contributed by atoms with Gasteiger partial charge in [-0.25, -0.2) is 4.98 Å². The minimum atomic E-state index is -0.877. The van der Waals surface area contributed by atoms with Crippen LogP contribution in [0.4, 0.5) is 11.5 Å². The van der Waals surface area contributed by atoms with Crippen LogP contribution in [0.1, 0.15) is 41.8 Å². The molecule has 5 N–H and O–H groups in total. The van der Waals surface area contributed by atoms with Crippen LogP contribution in [0.25, 0.3) is 0 Å². The first-order valence-electron chi connectivity index (χ1n) is 9.65. The van der Waals surface area contributed by atoms with E-state index in [2.05, 4.69) is 34.8 Å². The van der Waals surface area contributed by atoms with E-state index in [-0.39, 0.29) is 33.4 Å². The number of nitrogens with zero attached hydrogens (tertiary/aromatic N) is 2. The summed E-state index contributed by atoms with van der Waals surface area (Å²) in [7, 11) is 1.42. The number of carbonyl (C=O) groups excluding carboxylic acids is 3. The predicted octanol–water partition coefficient (Wildman–Crippen LogP) is 3.11. The molecular weight excluding hydrogens is 432 g/mol. The summed E-state index contributed by atoms with van der Waals surface area (Å²) in [6.07, 6.45) is 3.57. The van der Waals surface area contributed by atoms with Gasteiger partial charge in [0.2, 0.25) is 5.91 Å². The molecule has 168 valence electrons. The largest absolute Gasteiger partial charge is 0.366 e. The number of aromatic nitrogens is 1. The highest BCUT2D eigenvalue weighted by Gasteiger charge is 2.20. The number of pyridine rings is 1. The van der Waals surface area contributed by atoms with Crippen LogP contribution in [-0.2, 0) is 9.59 Å². The zero-order chi connectivity index (χ0) is 24.3. The van der Waals surface area contributed by atoms with Crippen molar-refractivity contribution in [3.8, 4) is 6.07 Å². The van der Waals surface area contributed by atoms with Gasteiger partial charge < -0.3 is 21.7 Å². The first-order valence-corrected chi connectivity index (χ1v) is 10.0. The number of nitrogens with one attached hydrogen (secondary N) is 3. The second-order valence-corrected chi connectivity index (χ2v) is 6.89. The number of rotatable bonds is 6. The zero-order valence-corrected chi connectivity index (χ0v) is 19.0. The molecule has 10 heteroatoms. The van der Waals surface area contributed by atoms with E-state index in [1.807, 2.05) is 6.07 Å². The Balaban J connectivity index is 0.00000161. The number of primary amides is 1. The number of halogens is 1. The fourth-order valence-electron chi connectivity index (χ4n) is 2.42. The monoisotopic (exact) mass is 456 g/mol. The minimum absolute atomic E-state index is 0.0895. The van der Waals surface area contributed by atoms with Crippen molar-refractivity contribution in [2.24, 2.45) is 5.73 Å². The molecule has 2 rings (SSSR count). The molecule has 0 spiro atoms. The summed E-state index contributed by atoms with van der Waals surface area (Å²) in [6.45, 7) is 5.88. The van der Waals surface area contributed by atoms with E-state index in [0.717, 1.165) is 6.08 Å². The second-order valence-electron chi connectivity index (χ2n) is 6.49. The number of hydrogen-bond donors (Lipinski definition) is 4. The molecule has 0 aliphatic carbocycles. The van der Waals surface area contributed by atoms with Gasteiger partial charge in [-0.2, -0.15) is 5.26 Å². The van der Waals surface area contributed by atoms with Crippen LogP contribution in [-0.4, -0.2) is 29.8 Å². The molecule has 0 unspecified atom stereocenters. The summed E-state index contributed by atoms with van der Waals surface area (Å²) in [5.41, 5.74) is 5.96. The van der Waals surface area contributed by atoms with Gasteiger partial charge in [-0.15, -0.1) is 0 Å². The number of anilines is 2. The van der Waals surface area contributed by atoms with E-state index >= 15 is 0 Å². The number of nitriles is 1. The molecule has 0 aliphatic heterocycles. The van der Waals surface area contributed by atoms with Crippen molar-refractivity contribution in [2.45, 2.75) is 27.2 Å². The number of nitrogens with two attached hydrogens (primary N) is 1. The van der Waals surface area contributed by atoms with Gasteiger partial charge in [-0.05, 0) is 36.8 Å². The van der Waals surface area contributed by atoms with E-state index in [1.54, 1.807) is 19.1 Å². The van der Waals surface area contributed by atoms with Gasteiger partial charge in [-0.3, -0.25) is 14.4 Å². The van der Waals surface area contributed by atoms with E-state index in [4.69, 9.17) is 22.6 Å².